The third-order valence-corrected chi connectivity index (χ3v) is 7.43. The highest BCUT2D eigenvalue weighted by molar-refractivity contribution is 7.89. The van der Waals surface area contributed by atoms with E-state index in [-0.39, 0.29) is 10.6 Å². The summed E-state index contributed by atoms with van der Waals surface area (Å²) < 4.78 is 27.0. The fraction of sp³-hybridized carbons (Fsp3) is 0.421. The van der Waals surface area contributed by atoms with Crippen LogP contribution >= 0.6 is 0 Å². The Bertz CT molecular complexity index is 985. The molecule has 1 aromatic carbocycles. The van der Waals surface area contributed by atoms with Gasteiger partial charge in [0.1, 0.15) is 5.69 Å². The predicted molar refractivity (Wildman–Crippen MR) is 109 cm³/mol. The standard InChI is InChI=1S/C19H23N5O4S/c25-24(26)19-15-17(29(27,28)23-9-1-2-10-23)3-4-18(19)22-13-11-21(12-14-22)16-5-7-20-8-6-16/h3-8,15H,1-2,9-14H2/p+1. The van der Waals surface area contributed by atoms with Gasteiger partial charge in [-0.25, -0.2) is 13.4 Å². The van der Waals surface area contributed by atoms with Crippen molar-refractivity contribution in [2.24, 2.45) is 0 Å². The van der Waals surface area contributed by atoms with E-state index >= 15 is 0 Å². The normalized spacial score (nSPS) is 18.2. The van der Waals surface area contributed by atoms with Gasteiger partial charge in [-0.2, -0.15) is 4.31 Å². The van der Waals surface area contributed by atoms with Gasteiger partial charge >= 0.3 is 0 Å². The molecule has 29 heavy (non-hydrogen) atoms. The summed E-state index contributed by atoms with van der Waals surface area (Å²) in [6.07, 6.45) is 5.38. The SMILES string of the molecule is O=[N+]([O-])c1cc(S(=O)(=O)N2CCCC2)ccc1N1CCN(c2cc[nH+]cc2)CC1. The molecule has 1 N–H and O–H groups in total. The van der Waals surface area contributed by atoms with Crippen molar-refractivity contribution < 1.29 is 18.3 Å². The Labute approximate surface area is 169 Å². The number of aromatic amines is 1. The maximum absolute atomic E-state index is 12.8. The molecule has 2 aliphatic rings. The van der Waals surface area contributed by atoms with Crippen molar-refractivity contribution in [3.63, 3.8) is 0 Å². The summed E-state index contributed by atoms with van der Waals surface area (Å²) in [7, 11) is -3.69. The highest BCUT2D eigenvalue weighted by Crippen LogP contribution is 2.33. The highest BCUT2D eigenvalue weighted by atomic mass is 32.2. The third kappa shape index (κ3) is 3.90. The number of hydrogen-bond donors (Lipinski definition) is 0. The van der Waals surface area contributed by atoms with Crippen LogP contribution in [0.1, 0.15) is 12.8 Å². The molecule has 2 aliphatic heterocycles. The highest BCUT2D eigenvalue weighted by Gasteiger charge is 2.31. The number of nitro benzene ring substituents is 1. The number of pyridine rings is 1. The van der Waals surface area contributed by atoms with Gasteiger partial charge in [-0.3, -0.25) is 10.1 Å². The monoisotopic (exact) mass is 418 g/mol. The van der Waals surface area contributed by atoms with E-state index in [0.29, 0.717) is 31.9 Å². The van der Waals surface area contributed by atoms with Gasteiger partial charge in [0.05, 0.1) is 9.82 Å². The third-order valence-electron chi connectivity index (χ3n) is 5.53. The van der Waals surface area contributed by atoms with Crippen LogP contribution in [-0.2, 0) is 10.0 Å². The van der Waals surface area contributed by atoms with Crippen molar-refractivity contribution >= 4 is 27.1 Å². The number of piperazine rings is 1. The zero-order valence-electron chi connectivity index (χ0n) is 16.0. The average Bonchev–Trinajstić information content (AvgIpc) is 3.30. The lowest BCUT2D eigenvalue weighted by molar-refractivity contribution is -0.384. The minimum Gasteiger partial charge on any atom is -0.368 e. The molecule has 0 bridgehead atoms. The maximum atomic E-state index is 12.8. The average molecular weight is 418 g/mol. The molecule has 0 unspecified atom stereocenters. The number of hydrogen-bond acceptors (Lipinski definition) is 6. The summed E-state index contributed by atoms with van der Waals surface area (Å²) in [4.78, 5) is 18.4. The number of nitro groups is 1. The van der Waals surface area contributed by atoms with E-state index in [2.05, 4.69) is 9.88 Å². The predicted octanol–water partition coefficient (Wildman–Crippen LogP) is 1.52. The van der Waals surface area contributed by atoms with Gasteiger partial charge < -0.3 is 9.80 Å². The van der Waals surface area contributed by atoms with Crippen molar-refractivity contribution in [1.29, 1.82) is 0 Å². The zero-order chi connectivity index (χ0) is 20.4. The van der Waals surface area contributed by atoms with E-state index in [9.17, 15) is 18.5 Å². The van der Waals surface area contributed by atoms with E-state index in [4.69, 9.17) is 0 Å². The molecule has 0 spiro atoms. The first-order valence-electron chi connectivity index (χ1n) is 9.71. The van der Waals surface area contributed by atoms with E-state index in [1.54, 1.807) is 6.07 Å². The lowest BCUT2D eigenvalue weighted by Gasteiger charge is -2.36. The summed E-state index contributed by atoms with van der Waals surface area (Å²) in [5.74, 6) is 0. The van der Waals surface area contributed by atoms with E-state index in [1.165, 1.54) is 16.4 Å². The van der Waals surface area contributed by atoms with Crippen molar-refractivity contribution in [2.45, 2.75) is 17.7 Å². The van der Waals surface area contributed by atoms with Gasteiger partial charge in [-0.05, 0) is 25.0 Å². The fourth-order valence-corrected chi connectivity index (χ4v) is 5.49. The van der Waals surface area contributed by atoms with Crippen LogP contribution in [0.5, 0.6) is 0 Å². The van der Waals surface area contributed by atoms with Gasteiger partial charge in [0, 0.05) is 63.2 Å². The lowest BCUT2D eigenvalue weighted by Crippen LogP contribution is -2.46. The van der Waals surface area contributed by atoms with Crippen LogP contribution in [0.4, 0.5) is 17.1 Å². The quantitative estimate of drug-likeness (QED) is 0.539. The topological polar surface area (TPSA) is 101 Å². The van der Waals surface area contributed by atoms with Crippen LogP contribution in [0.25, 0.3) is 0 Å². The fourth-order valence-electron chi connectivity index (χ4n) is 3.95. The molecule has 3 heterocycles. The van der Waals surface area contributed by atoms with E-state index in [0.717, 1.165) is 31.6 Å². The molecule has 0 atom stereocenters. The molecule has 4 rings (SSSR count). The number of aromatic nitrogens is 1. The van der Waals surface area contributed by atoms with Crippen LogP contribution < -0.4 is 14.8 Å². The molecule has 0 saturated carbocycles. The Hall–Kier alpha value is -2.72. The van der Waals surface area contributed by atoms with Crippen LogP contribution in [0.2, 0.25) is 0 Å². The van der Waals surface area contributed by atoms with E-state index < -0.39 is 14.9 Å². The molecular weight excluding hydrogens is 394 g/mol. The maximum Gasteiger partial charge on any atom is 0.293 e. The molecule has 0 aliphatic carbocycles. The summed E-state index contributed by atoms with van der Waals surface area (Å²) in [5.41, 5.74) is 1.41. The molecule has 2 saturated heterocycles. The first kappa shape index (κ1) is 19.6. The smallest absolute Gasteiger partial charge is 0.293 e. The summed E-state index contributed by atoms with van der Waals surface area (Å²) in [6.45, 7) is 3.65. The van der Waals surface area contributed by atoms with E-state index in [1.807, 2.05) is 29.4 Å². The summed E-state index contributed by atoms with van der Waals surface area (Å²) in [6, 6.07) is 8.28. The molecule has 2 aromatic rings. The second-order valence-corrected chi connectivity index (χ2v) is 9.19. The van der Waals surface area contributed by atoms with Gasteiger partial charge in [-0.1, -0.05) is 0 Å². The molecule has 9 nitrogen and oxygen atoms in total. The van der Waals surface area contributed by atoms with Gasteiger partial charge in [-0.15, -0.1) is 0 Å². The number of anilines is 2. The minimum absolute atomic E-state index is 0.00554. The van der Waals surface area contributed by atoms with Crippen molar-refractivity contribution in [3.05, 3.63) is 52.8 Å². The number of sulfonamides is 1. The number of H-pyrrole nitrogens is 1. The molecule has 0 radical (unpaired) electrons. The van der Waals surface area contributed by atoms with Crippen molar-refractivity contribution in [1.82, 2.24) is 4.31 Å². The van der Waals surface area contributed by atoms with Crippen LogP contribution in [0.15, 0.2) is 47.6 Å². The lowest BCUT2D eigenvalue weighted by atomic mass is 10.2. The molecular formula is C19H24N5O4S+. The minimum atomic E-state index is -3.69. The van der Waals surface area contributed by atoms with Crippen molar-refractivity contribution in [2.75, 3.05) is 49.1 Å². The molecule has 0 amide bonds. The van der Waals surface area contributed by atoms with Crippen LogP contribution in [0, 0.1) is 10.1 Å². The van der Waals surface area contributed by atoms with Crippen LogP contribution in [-0.4, -0.2) is 56.9 Å². The first-order valence-corrected chi connectivity index (χ1v) is 11.2. The van der Waals surface area contributed by atoms with Gasteiger partial charge in [0.25, 0.3) is 5.69 Å². The Morgan fingerprint density at radius 2 is 1.52 bits per heavy atom. The largest absolute Gasteiger partial charge is 0.368 e. The Morgan fingerprint density at radius 3 is 2.14 bits per heavy atom. The van der Waals surface area contributed by atoms with Crippen LogP contribution in [0.3, 0.4) is 0 Å². The number of nitrogens with one attached hydrogen (secondary N) is 1. The number of benzene rings is 1. The Balaban J connectivity index is 1.56. The molecule has 10 heteroatoms. The molecule has 1 aromatic heterocycles. The van der Waals surface area contributed by atoms with Gasteiger partial charge in [0.15, 0.2) is 12.4 Å². The Kier molecular flexibility index (Phi) is 5.37. The molecule has 154 valence electrons. The summed E-state index contributed by atoms with van der Waals surface area (Å²) >= 11 is 0. The van der Waals surface area contributed by atoms with Gasteiger partial charge in [0.2, 0.25) is 10.0 Å². The number of nitrogens with zero attached hydrogens (tertiary/aromatic N) is 4. The summed E-state index contributed by atoms with van der Waals surface area (Å²) in [5, 5.41) is 11.7. The number of rotatable bonds is 5. The Morgan fingerprint density at radius 1 is 0.897 bits per heavy atom. The van der Waals surface area contributed by atoms with Crippen molar-refractivity contribution in [3.8, 4) is 0 Å². The molecule has 2 fully saturated rings. The zero-order valence-corrected chi connectivity index (χ0v) is 16.8. The first-order chi connectivity index (χ1) is 14.0. The second kappa shape index (κ2) is 7.96. The second-order valence-electron chi connectivity index (χ2n) is 7.25.